The monoisotopic (exact) mass is 643 g/mol. The van der Waals surface area contributed by atoms with Crippen LogP contribution in [0.15, 0.2) is 96.6 Å². The van der Waals surface area contributed by atoms with Gasteiger partial charge >= 0.3 is 0 Å². The lowest BCUT2D eigenvalue weighted by Gasteiger charge is -2.54. The summed E-state index contributed by atoms with van der Waals surface area (Å²) in [6, 6.07) is 22.0. The van der Waals surface area contributed by atoms with Gasteiger partial charge in [0.1, 0.15) is 0 Å². The maximum atomic E-state index is 15.0. The predicted molar refractivity (Wildman–Crippen MR) is 180 cm³/mol. The molecule has 0 aromatic heterocycles. The van der Waals surface area contributed by atoms with Crippen molar-refractivity contribution in [2.75, 3.05) is 20.8 Å². The van der Waals surface area contributed by atoms with E-state index >= 15 is 0 Å². The lowest BCUT2D eigenvalue weighted by molar-refractivity contribution is -0.140. The van der Waals surface area contributed by atoms with E-state index < -0.39 is 35.0 Å². The van der Waals surface area contributed by atoms with Crippen LogP contribution in [0.5, 0.6) is 17.2 Å². The van der Waals surface area contributed by atoms with Gasteiger partial charge in [-0.25, -0.2) is 0 Å². The second-order valence-electron chi connectivity index (χ2n) is 12.9. The second-order valence-corrected chi connectivity index (χ2v) is 12.9. The fourth-order valence-corrected chi connectivity index (χ4v) is 8.72. The molecule has 0 spiro atoms. The third-order valence-electron chi connectivity index (χ3n) is 10.8. The molecule has 8 heteroatoms. The first-order valence-electron chi connectivity index (χ1n) is 16.4. The van der Waals surface area contributed by atoms with Crippen LogP contribution in [0.1, 0.15) is 36.5 Å². The Hall–Kier alpha value is -5.24. The lowest BCUT2D eigenvalue weighted by atomic mass is 9.45. The van der Waals surface area contributed by atoms with Crippen LogP contribution in [0.3, 0.4) is 0 Å². The molecule has 8 nitrogen and oxygen atoms in total. The van der Waals surface area contributed by atoms with E-state index in [2.05, 4.69) is 0 Å². The molecule has 1 N–H and O–H groups in total. The Morgan fingerprint density at radius 2 is 1.54 bits per heavy atom. The lowest BCUT2D eigenvalue weighted by Crippen LogP contribution is -2.59. The topological polar surface area (TPSA) is 110 Å². The number of likely N-dealkylation sites (tertiary alicyclic amines) is 1. The molecule has 1 saturated heterocycles. The van der Waals surface area contributed by atoms with Crippen molar-refractivity contribution in [3.8, 4) is 17.2 Å². The van der Waals surface area contributed by atoms with Gasteiger partial charge in [0.25, 0.3) is 0 Å². The van der Waals surface area contributed by atoms with E-state index in [0.717, 1.165) is 11.1 Å². The number of allylic oxidation sites excluding steroid dienone is 5. The molecule has 244 valence electrons. The van der Waals surface area contributed by atoms with Crippen LogP contribution < -0.4 is 9.47 Å². The number of ether oxygens (including phenoxy) is 2. The number of methoxy groups -OCH3 is 2. The summed E-state index contributed by atoms with van der Waals surface area (Å²) in [5.41, 5.74) is 1.98. The third-order valence-corrected chi connectivity index (χ3v) is 10.8. The van der Waals surface area contributed by atoms with Crippen LogP contribution in [-0.4, -0.2) is 54.2 Å². The molecule has 2 amide bonds. The van der Waals surface area contributed by atoms with Crippen molar-refractivity contribution in [1.82, 2.24) is 4.90 Å². The van der Waals surface area contributed by atoms with Gasteiger partial charge in [0, 0.05) is 24.0 Å². The van der Waals surface area contributed by atoms with Gasteiger partial charge in [-0.05, 0) is 60.6 Å². The Morgan fingerprint density at radius 3 is 2.17 bits per heavy atom. The molecule has 48 heavy (non-hydrogen) atoms. The van der Waals surface area contributed by atoms with Crippen molar-refractivity contribution in [2.24, 2.45) is 29.6 Å². The number of aromatic hydroxyl groups is 1. The fourth-order valence-electron chi connectivity index (χ4n) is 8.72. The van der Waals surface area contributed by atoms with Gasteiger partial charge in [-0.2, -0.15) is 0 Å². The van der Waals surface area contributed by atoms with Crippen LogP contribution in [-0.2, 0) is 24.6 Å². The summed E-state index contributed by atoms with van der Waals surface area (Å²) in [6.07, 6.45) is 7.97. The van der Waals surface area contributed by atoms with E-state index in [1.807, 2.05) is 78.9 Å². The molecule has 6 atom stereocenters. The number of carbonyl (C=O) groups excluding carboxylic acids is 4. The Kier molecular flexibility index (Phi) is 7.90. The van der Waals surface area contributed by atoms with Crippen molar-refractivity contribution in [3.63, 3.8) is 0 Å². The molecular formula is C40H37NO7. The van der Waals surface area contributed by atoms with Crippen molar-refractivity contribution in [2.45, 2.75) is 25.2 Å². The molecule has 1 aliphatic heterocycles. The average Bonchev–Trinajstić information content (AvgIpc) is 3.37. The van der Waals surface area contributed by atoms with E-state index in [1.165, 1.54) is 25.2 Å². The van der Waals surface area contributed by atoms with Crippen LogP contribution in [0.25, 0.3) is 11.6 Å². The number of amides is 2. The average molecular weight is 644 g/mol. The minimum Gasteiger partial charge on any atom is -0.502 e. The van der Waals surface area contributed by atoms with Gasteiger partial charge < -0.3 is 14.6 Å². The molecule has 6 unspecified atom stereocenters. The maximum absolute atomic E-state index is 15.0. The predicted octanol–water partition coefficient (Wildman–Crippen LogP) is 5.80. The zero-order chi connectivity index (χ0) is 33.7. The van der Waals surface area contributed by atoms with Gasteiger partial charge in [-0.3, -0.25) is 24.1 Å². The number of imide groups is 1. The number of rotatable bonds is 7. The molecule has 4 aliphatic rings. The number of fused-ring (bicyclic) bond motifs is 4. The van der Waals surface area contributed by atoms with Crippen LogP contribution in [0.4, 0.5) is 0 Å². The van der Waals surface area contributed by atoms with Gasteiger partial charge in [0.2, 0.25) is 17.6 Å². The van der Waals surface area contributed by atoms with E-state index in [-0.39, 0.29) is 53.6 Å². The molecule has 3 aliphatic carbocycles. The zero-order valence-corrected chi connectivity index (χ0v) is 27.1. The standard InChI is InChI=1S/C40H37NO7/c1-4-41-38(45)27-17-16-26-29(35(27)39(41)46)21-31-36(43)28(24-11-7-5-8-12-24)22-34(42)40(31,25-13-9-6-10-14-25)30(26)18-15-23-19-32(47-2)37(44)33(20-23)48-3/h5-16,18-20,22,27,29-31,35,44H,4,17,21H2,1-3H3. The van der Waals surface area contributed by atoms with Crippen molar-refractivity contribution < 1.29 is 33.8 Å². The molecule has 7 rings (SSSR count). The maximum Gasteiger partial charge on any atom is 0.233 e. The molecular weight excluding hydrogens is 606 g/mol. The second kappa shape index (κ2) is 12.1. The van der Waals surface area contributed by atoms with E-state index in [1.54, 1.807) is 19.1 Å². The van der Waals surface area contributed by atoms with Gasteiger partial charge in [0.05, 0.1) is 31.5 Å². The number of ketones is 2. The smallest absolute Gasteiger partial charge is 0.233 e. The Balaban J connectivity index is 1.47. The molecule has 3 aromatic rings. The first-order valence-corrected chi connectivity index (χ1v) is 16.4. The summed E-state index contributed by atoms with van der Waals surface area (Å²) < 4.78 is 10.8. The van der Waals surface area contributed by atoms with Gasteiger partial charge in [-0.15, -0.1) is 0 Å². The van der Waals surface area contributed by atoms with E-state index in [9.17, 15) is 24.3 Å². The molecule has 3 aromatic carbocycles. The van der Waals surface area contributed by atoms with Gasteiger partial charge in [-0.1, -0.05) is 84.5 Å². The van der Waals surface area contributed by atoms with Crippen molar-refractivity contribution >= 4 is 35.0 Å². The Bertz CT molecular complexity index is 1880. The minimum absolute atomic E-state index is 0.131. The summed E-state index contributed by atoms with van der Waals surface area (Å²) >= 11 is 0. The Labute approximate surface area is 279 Å². The highest BCUT2D eigenvalue weighted by Gasteiger charge is 2.64. The third kappa shape index (κ3) is 4.57. The number of phenols is 1. The number of Topliss-reactive ketones (excluding diaryl/α,β-unsaturated/α-hetero) is 1. The van der Waals surface area contributed by atoms with E-state index in [4.69, 9.17) is 9.47 Å². The zero-order valence-electron chi connectivity index (χ0n) is 27.1. The minimum atomic E-state index is -1.30. The number of phenolic OH excluding ortho intramolecular Hbond substituents is 1. The largest absolute Gasteiger partial charge is 0.502 e. The summed E-state index contributed by atoms with van der Waals surface area (Å²) in [7, 11) is 2.91. The number of nitrogens with zero attached hydrogens (tertiary/aromatic N) is 1. The first kappa shape index (κ1) is 31.4. The Morgan fingerprint density at radius 1 is 0.896 bits per heavy atom. The molecule has 0 radical (unpaired) electrons. The van der Waals surface area contributed by atoms with Crippen LogP contribution >= 0.6 is 0 Å². The van der Waals surface area contributed by atoms with E-state index in [0.29, 0.717) is 23.1 Å². The highest BCUT2D eigenvalue weighted by molar-refractivity contribution is 6.31. The molecule has 2 fully saturated rings. The van der Waals surface area contributed by atoms with Crippen LogP contribution in [0, 0.1) is 29.6 Å². The molecule has 1 heterocycles. The summed E-state index contributed by atoms with van der Waals surface area (Å²) in [5.74, 6) is -3.34. The van der Waals surface area contributed by atoms with Crippen molar-refractivity contribution in [1.29, 1.82) is 0 Å². The van der Waals surface area contributed by atoms with Gasteiger partial charge in [0.15, 0.2) is 23.1 Å². The van der Waals surface area contributed by atoms with Crippen LogP contribution in [0.2, 0.25) is 0 Å². The fraction of sp³-hybridized carbons (Fsp3) is 0.300. The van der Waals surface area contributed by atoms with Crippen molar-refractivity contribution in [3.05, 3.63) is 113 Å². The normalized spacial score (nSPS) is 28.1. The quantitative estimate of drug-likeness (QED) is 0.256. The molecule has 1 saturated carbocycles. The number of benzene rings is 3. The number of carbonyl (C=O) groups is 4. The summed E-state index contributed by atoms with van der Waals surface area (Å²) in [5, 5.41) is 10.6. The number of hydrogen-bond acceptors (Lipinski definition) is 7. The summed E-state index contributed by atoms with van der Waals surface area (Å²) in [6.45, 7) is 2.09. The first-order chi connectivity index (χ1) is 23.3. The summed E-state index contributed by atoms with van der Waals surface area (Å²) in [4.78, 5) is 58.5. The number of hydrogen-bond donors (Lipinski definition) is 1. The SMILES string of the molecule is CCN1C(=O)C2CC=C3C(CC4C(=O)C(c5ccccc5)=CC(=O)C4(c4ccccc4)C3C=Cc3cc(OC)c(O)c(OC)c3)C2C1=O. The molecule has 0 bridgehead atoms. The highest BCUT2D eigenvalue weighted by atomic mass is 16.5. The highest BCUT2D eigenvalue weighted by Crippen LogP contribution is 2.61.